The highest BCUT2D eigenvalue weighted by molar-refractivity contribution is 9.10. The van der Waals surface area contributed by atoms with Crippen LogP contribution in [0.4, 0.5) is 0 Å². The van der Waals surface area contributed by atoms with Crippen molar-refractivity contribution in [3.05, 3.63) is 51.2 Å². The lowest BCUT2D eigenvalue weighted by Gasteiger charge is -2.17. The molecule has 1 aromatic heterocycles. The van der Waals surface area contributed by atoms with Crippen molar-refractivity contribution in [2.45, 2.75) is 6.04 Å². The SMILES string of the molecule is CNC(c1ccc(Br)cc1)c1c(Cl)cnn1C. The summed E-state index contributed by atoms with van der Waals surface area (Å²) in [5, 5.41) is 8.10. The van der Waals surface area contributed by atoms with Gasteiger partial charge in [0.25, 0.3) is 0 Å². The Balaban J connectivity index is 2.43. The van der Waals surface area contributed by atoms with Crippen molar-refractivity contribution in [1.82, 2.24) is 15.1 Å². The summed E-state index contributed by atoms with van der Waals surface area (Å²) in [6.07, 6.45) is 1.67. The second kappa shape index (κ2) is 5.21. The number of halogens is 2. The Labute approximate surface area is 114 Å². The third-order valence-corrected chi connectivity index (χ3v) is 3.52. The third-order valence-electron chi connectivity index (χ3n) is 2.70. The molecule has 90 valence electrons. The molecule has 0 aliphatic rings. The Morgan fingerprint density at radius 1 is 1.35 bits per heavy atom. The fraction of sp³-hybridized carbons (Fsp3) is 0.250. The Bertz CT molecular complexity index is 487. The van der Waals surface area contributed by atoms with Gasteiger partial charge in [-0.1, -0.05) is 39.7 Å². The number of rotatable bonds is 3. The first-order chi connectivity index (χ1) is 8.13. The van der Waals surface area contributed by atoms with Crippen LogP contribution < -0.4 is 5.32 Å². The molecule has 0 amide bonds. The molecule has 1 heterocycles. The number of hydrogen-bond donors (Lipinski definition) is 1. The number of nitrogens with one attached hydrogen (secondary N) is 1. The van der Waals surface area contributed by atoms with Gasteiger partial charge in [0.1, 0.15) is 0 Å². The minimum Gasteiger partial charge on any atom is -0.308 e. The maximum atomic E-state index is 6.17. The van der Waals surface area contributed by atoms with E-state index in [0.717, 1.165) is 15.7 Å². The predicted octanol–water partition coefficient (Wildman–Crippen LogP) is 3.14. The van der Waals surface area contributed by atoms with Gasteiger partial charge < -0.3 is 5.32 Å². The lowest BCUT2D eigenvalue weighted by Crippen LogP contribution is -2.20. The van der Waals surface area contributed by atoms with Crippen LogP contribution in [0.2, 0.25) is 5.02 Å². The maximum Gasteiger partial charge on any atom is 0.0837 e. The molecule has 0 saturated heterocycles. The van der Waals surface area contributed by atoms with Crippen LogP contribution >= 0.6 is 27.5 Å². The van der Waals surface area contributed by atoms with Crippen LogP contribution in [0.1, 0.15) is 17.3 Å². The largest absolute Gasteiger partial charge is 0.308 e. The molecular formula is C12H13BrClN3. The van der Waals surface area contributed by atoms with Crippen LogP contribution in [0.5, 0.6) is 0 Å². The number of aryl methyl sites for hydroxylation is 1. The summed E-state index contributed by atoms with van der Waals surface area (Å²) < 4.78 is 2.86. The smallest absolute Gasteiger partial charge is 0.0837 e. The van der Waals surface area contributed by atoms with Crippen LogP contribution in [0, 0.1) is 0 Å². The van der Waals surface area contributed by atoms with Crippen molar-refractivity contribution in [2.75, 3.05) is 7.05 Å². The highest BCUT2D eigenvalue weighted by Gasteiger charge is 2.19. The minimum absolute atomic E-state index is 0.0445. The maximum absolute atomic E-state index is 6.17. The van der Waals surface area contributed by atoms with E-state index in [4.69, 9.17) is 11.6 Å². The molecule has 0 spiro atoms. The lowest BCUT2D eigenvalue weighted by atomic mass is 10.0. The van der Waals surface area contributed by atoms with E-state index >= 15 is 0 Å². The molecule has 17 heavy (non-hydrogen) atoms. The van der Waals surface area contributed by atoms with Crippen LogP contribution in [0.15, 0.2) is 34.9 Å². The summed E-state index contributed by atoms with van der Waals surface area (Å²) in [5.74, 6) is 0. The van der Waals surface area contributed by atoms with Gasteiger partial charge in [-0.05, 0) is 24.7 Å². The Hall–Kier alpha value is -0.840. The molecule has 0 radical (unpaired) electrons. The van der Waals surface area contributed by atoms with Gasteiger partial charge in [-0.15, -0.1) is 0 Å². The summed E-state index contributed by atoms with van der Waals surface area (Å²) in [7, 11) is 3.81. The first-order valence-corrected chi connectivity index (χ1v) is 6.40. The van der Waals surface area contributed by atoms with E-state index in [1.807, 2.05) is 26.2 Å². The van der Waals surface area contributed by atoms with E-state index in [2.05, 4.69) is 38.5 Å². The number of nitrogens with zero attached hydrogens (tertiary/aromatic N) is 2. The summed E-state index contributed by atoms with van der Waals surface area (Å²) in [6.45, 7) is 0. The molecule has 0 aliphatic carbocycles. The van der Waals surface area contributed by atoms with Gasteiger partial charge in [-0.3, -0.25) is 4.68 Å². The second-order valence-electron chi connectivity index (χ2n) is 3.77. The zero-order valence-corrected chi connectivity index (χ0v) is 12.0. The zero-order chi connectivity index (χ0) is 12.4. The average molecular weight is 315 g/mol. The lowest BCUT2D eigenvalue weighted by molar-refractivity contribution is 0.606. The van der Waals surface area contributed by atoms with E-state index in [1.54, 1.807) is 10.9 Å². The van der Waals surface area contributed by atoms with Crippen LogP contribution in [-0.2, 0) is 7.05 Å². The van der Waals surface area contributed by atoms with Crippen molar-refractivity contribution in [2.24, 2.45) is 7.05 Å². The number of benzene rings is 1. The molecule has 1 unspecified atom stereocenters. The molecule has 0 bridgehead atoms. The number of hydrogen-bond acceptors (Lipinski definition) is 2. The van der Waals surface area contributed by atoms with Crippen molar-refractivity contribution < 1.29 is 0 Å². The zero-order valence-electron chi connectivity index (χ0n) is 9.61. The quantitative estimate of drug-likeness (QED) is 0.943. The molecule has 2 aromatic rings. The van der Waals surface area contributed by atoms with Gasteiger partial charge in [-0.25, -0.2) is 0 Å². The molecule has 1 N–H and O–H groups in total. The van der Waals surface area contributed by atoms with Crippen LogP contribution in [0.3, 0.4) is 0 Å². The van der Waals surface area contributed by atoms with Crippen LogP contribution in [0.25, 0.3) is 0 Å². The van der Waals surface area contributed by atoms with Gasteiger partial charge in [-0.2, -0.15) is 5.10 Å². The molecular weight excluding hydrogens is 302 g/mol. The first-order valence-electron chi connectivity index (χ1n) is 5.23. The van der Waals surface area contributed by atoms with E-state index < -0.39 is 0 Å². The van der Waals surface area contributed by atoms with Crippen LogP contribution in [-0.4, -0.2) is 16.8 Å². The fourth-order valence-electron chi connectivity index (χ4n) is 1.86. The van der Waals surface area contributed by atoms with Gasteiger partial charge in [0.15, 0.2) is 0 Å². The highest BCUT2D eigenvalue weighted by atomic mass is 79.9. The molecule has 3 nitrogen and oxygen atoms in total. The molecule has 5 heteroatoms. The Kier molecular flexibility index (Phi) is 3.86. The summed E-state index contributed by atoms with van der Waals surface area (Å²) >= 11 is 9.60. The van der Waals surface area contributed by atoms with Crippen molar-refractivity contribution >= 4 is 27.5 Å². The van der Waals surface area contributed by atoms with Crippen molar-refractivity contribution in [3.8, 4) is 0 Å². The molecule has 0 fully saturated rings. The third kappa shape index (κ3) is 2.54. The first kappa shape index (κ1) is 12.6. The normalized spacial score (nSPS) is 12.7. The molecule has 2 rings (SSSR count). The topological polar surface area (TPSA) is 29.9 Å². The molecule has 0 saturated carbocycles. The molecule has 0 aliphatic heterocycles. The molecule has 1 atom stereocenters. The minimum atomic E-state index is 0.0445. The van der Waals surface area contributed by atoms with Gasteiger partial charge >= 0.3 is 0 Å². The average Bonchev–Trinajstić information content (AvgIpc) is 2.64. The van der Waals surface area contributed by atoms with E-state index in [1.165, 1.54) is 0 Å². The monoisotopic (exact) mass is 313 g/mol. The van der Waals surface area contributed by atoms with Gasteiger partial charge in [0.05, 0.1) is 23.0 Å². The fourth-order valence-corrected chi connectivity index (χ4v) is 2.40. The highest BCUT2D eigenvalue weighted by Crippen LogP contribution is 2.28. The van der Waals surface area contributed by atoms with E-state index in [9.17, 15) is 0 Å². The summed E-state index contributed by atoms with van der Waals surface area (Å²) in [4.78, 5) is 0. The Morgan fingerprint density at radius 2 is 2.00 bits per heavy atom. The summed E-state index contributed by atoms with van der Waals surface area (Å²) in [5.41, 5.74) is 2.12. The van der Waals surface area contributed by atoms with Crippen molar-refractivity contribution in [3.63, 3.8) is 0 Å². The van der Waals surface area contributed by atoms with Gasteiger partial charge in [0, 0.05) is 11.5 Å². The summed E-state index contributed by atoms with van der Waals surface area (Å²) in [6, 6.07) is 8.21. The number of aromatic nitrogens is 2. The second-order valence-corrected chi connectivity index (χ2v) is 5.10. The predicted molar refractivity (Wildman–Crippen MR) is 73.3 cm³/mol. The van der Waals surface area contributed by atoms with Crippen molar-refractivity contribution in [1.29, 1.82) is 0 Å². The van der Waals surface area contributed by atoms with Gasteiger partial charge in [0.2, 0.25) is 0 Å². The van der Waals surface area contributed by atoms with E-state index in [-0.39, 0.29) is 6.04 Å². The van der Waals surface area contributed by atoms with E-state index in [0.29, 0.717) is 5.02 Å². The molecule has 1 aromatic carbocycles. The Morgan fingerprint density at radius 3 is 2.47 bits per heavy atom. The standard InChI is InChI=1S/C12H13BrClN3/c1-15-11(8-3-5-9(13)6-4-8)12-10(14)7-16-17(12)2/h3-7,11,15H,1-2H3.